The highest BCUT2D eigenvalue weighted by Crippen LogP contribution is 2.41. The highest BCUT2D eigenvalue weighted by atomic mass is 19.3. The van der Waals surface area contributed by atoms with Crippen LogP contribution in [0.2, 0.25) is 0 Å². The van der Waals surface area contributed by atoms with Crippen LogP contribution in [0.15, 0.2) is 0 Å². The fraction of sp³-hybridized carbons (Fsp3) is 1.00. The molecule has 0 radical (unpaired) electrons. The van der Waals surface area contributed by atoms with Crippen molar-refractivity contribution in [1.29, 1.82) is 0 Å². The number of likely N-dealkylation sites (tertiary alicyclic amines) is 1. The van der Waals surface area contributed by atoms with Gasteiger partial charge in [-0.15, -0.1) is 0 Å². The molecule has 1 rings (SSSR count). The third-order valence-electron chi connectivity index (χ3n) is 4.00. The largest absolute Gasteiger partial charge is 0.295 e. The monoisotopic (exact) mass is 261 g/mol. The van der Waals surface area contributed by atoms with Gasteiger partial charge in [0.2, 0.25) is 6.43 Å². The molecule has 1 aliphatic heterocycles. The van der Waals surface area contributed by atoms with Crippen LogP contribution in [0, 0.1) is 11.3 Å². The summed E-state index contributed by atoms with van der Waals surface area (Å²) in [7, 11) is 0. The first-order valence-corrected chi connectivity index (χ1v) is 7.10. The lowest BCUT2D eigenvalue weighted by Crippen LogP contribution is -2.57. The summed E-state index contributed by atoms with van der Waals surface area (Å²) >= 11 is 0. The van der Waals surface area contributed by atoms with Crippen LogP contribution in [-0.4, -0.2) is 29.5 Å². The van der Waals surface area contributed by atoms with Crippen LogP contribution in [0.5, 0.6) is 0 Å². The number of halogens is 2. The van der Waals surface area contributed by atoms with E-state index in [1.807, 2.05) is 0 Å². The minimum Gasteiger partial charge on any atom is -0.295 e. The van der Waals surface area contributed by atoms with Gasteiger partial charge in [-0.3, -0.25) is 4.90 Å². The molecule has 0 aromatic heterocycles. The summed E-state index contributed by atoms with van der Waals surface area (Å²) < 4.78 is 26.8. The van der Waals surface area contributed by atoms with Gasteiger partial charge in [-0.1, -0.05) is 27.2 Å². The zero-order chi connectivity index (χ0) is 14.1. The minimum atomic E-state index is -2.21. The van der Waals surface area contributed by atoms with Gasteiger partial charge in [0.1, 0.15) is 0 Å². The molecule has 1 fully saturated rings. The molecular weight excluding hydrogens is 232 g/mol. The topological polar surface area (TPSA) is 3.24 Å². The minimum absolute atomic E-state index is 0.0417. The Morgan fingerprint density at radius 1 is 1.00 bits per heavy atom. The normalized spacial score (nSPS) is 28.5. The molecule has 0 bridgehead atoms. The van der Waals surface area contributed by atoms with Crippen molar-refractivity contribution in [3.05, 3.63) is 0 Å². The first-order chi connectivity index (χ1) is 8.05. The van der Waals surface area contributed by atoms with Crippen molar-refractivity contribution in [2.24, 2.45) is 11.3 Å². The Morgan fingerprint density at radius 3 is 1.94 bits per heavy atom. The Kier molecular flexibility index (Phi) is 4.80. The quantitative estimate of drug-likeness (QED) is 0.668. The van der Waals surface area contributed by atoms with Crippen molar-refractivity contribution in [2.45, 2.75) is 78.8 Å². The Bertz CT molecular complexity index is 263. The molecule has 18 heavy (non-hydrogen) atoms. The number of rotatable bonds is 1. The van der Waals surface area contributed by atoms with Gasteiger partial charge < -0.3 is 0 Å². The van der Waals surface area contributed by atoms with E-state index in [0.29, 0.717) is 6.42 Å². The summed E-state index contributed by atoms with van der Waals surface area (Å²) in [6.07, 6.45) is 0.408. The first-order valence-electron chi connectivity index (χ1n) is 7.10. The summed E-state index contributed by atoms with van der Waals surface area (Å²) in [6, 6.07) is -0.0417. The van der Waals surface area contributed by atoms with Crippen LogP contribution in [0.25, 0.3) is 0 Å². The maximum absolute atomic E-state index is 13.4. The predicted octanol–water partition coefficient (Wildman–Crippen LogP) is 4.57. The van der Waals surface area contributed by atoms with Crippen LogP contribution in [-0.2, 0) is 0 Å². The summed E-state index contributed by atoms with van der Waals surface area (Å²) in [5.41, 5.74) is -0.159. The third kappa shape index (κ3) is 3.66. The molecule has 0 aromatic carbocycles. The van der Waals surface area contributed by atoms with Gasteiger partial charge in [0.15, 0.2) is 0 Å². The second-order valence-corrected chi connectivity index (χ2v) is 7.67. The summed E-state index contributed by atoms with van der Waals surface area (Å²) in [5, 5.41) is 0. The van der Waals surface area contributed by atoms with Crippen molar-refractivity contribution in [1.82, 2.24) is 4.90 Å². The van der Waals surface area contributed by atoms with Crippen LogP contribution in [0.1, 0.15) is 60.8 Å². The lowest BCUT2D eigenvalue weighted by molar-refractivity contribution is -0.0556. The molecule has 1 nitrogen and oxygen atoms in total. The van der Waals surface area contributed by atoms with Gasteiger partial charge in [-0.25, -0.2) is 8.78 Å². The first kappa shape index (κ1) is 15.9. The SMILES string of the molecule is CC(C)(C)C1C(C(F)F)CCCCN1C(C)(C)C. The fourth-order valence-electron chi connectivity index (χ4n) is 3.32. The maximum Gasteiger partial charge on any atom is 0.242 e. The highest BCUT2D eigenvalue weighted by Gasteiger charge is 2.45. The maximum atomic E-state index is 13.4. The zero-order valence-corrected chi connectivity index (χ0v) is 12.8. The number of nitrogens with zero attached hydrogens (tertiary/aromatic N) is 1. The molecule has 3 heteroatoms. The fourth-order valence-corrected chi connectivity index (χ4v) is 3.32. The van der Waals surface area contributed by atoms with Crippen molar-refractivity contribution in [3.8, 4) is 0 Å². The van der Waals surface area contributed by atoms with Gasteiger partial charge in [0.05, 0.1) is 0 Å². The van der Waals surface area contributed by atoms with E-state index in [-0.39, 0.29) is 17.0 Å². The molecule has 1 aliphatic rings. The Balaban J connectivity index is 3.13. The van der Waals surface area contributed by atoms with Crippen LogP contribution >= 0.6 is 0 Å². The second-order valence-electron chi connectivity index (χ2n) is 7.67. The molecule has 2 unspecified atom stereocenters. The Labute approximate surface area is 111 Å². The standard InChI is InChI=1S/C15H29F2N/c1-14(2,3)12-11(13(16)17)9-7-8-10-18(12)15(4,5)6/h11-13H,7-10H2,1-6H3. The van der Waals surface area contributed by atoms with Gasteiger partial charge in [0.25, 0.3) is 0 Å². The average Bonchev–Trinajstić information content (AvgIpc) is 2.36. The van der Waals surface area contributed by atoms with Crippen LogP contribution in [0.4, 0.5) is 8.78 Å². The zero-order valence-electron chi connectivity index (χ0n) is 12.8. The highest BCUT2D eigenvalue weighted by molar-refractivity contribution is 4.96. The van der Waals surface area contributed by atoms with Crippen LogP contribution in [0.3, 0.4) is 0 Å². The summed E-state index contributed by atoms with van der Waals surface area (Å²) in [6.45, 7) is 13.6. The van der Waals surface area contributed by atoms with E-state index in [1.54, 1.807) is 0 Å². The molecule has 0 aliphatic carbocycles. The lowest BCUT2D eigenvalue weighted by atomic mass is 9.75. The van der Waals surface area contributed by atoms with Crippen molar-refractivity contribution in [3.63, 3.8) is 0 Å². The third-order valence-corrected chi connectivity index (χ3v) is 4.00. The van der Waals surface area contributed by atoms with Crippen molar-refractivity contribution in [2.75, 3.05) is 6.54 Å². The molecule has 0 aromatic rings. The summed E-state index contributed by atoms with van der Waals surface area (Å²) in [5.74, 6) is -0.494. The average molecular weight is 261 g/mol. The molecule has 0 amide bonds. The Morgan fingerprint density at radius 2 is 1.56 bits per heavy atom. The molecule has 0 spiro atoms. The van der Waals surface area contributed by atoms with E-state index in [1.165, 1.54) is 0 Å². The smallest absolute Gasteiger partial charge is 0.242 e. The van der Waals surface area contributed by atoms with E-state index in [9.17, 15) is 8.78 Å². The van der Waals surface area contributed by atoms with Gasteiger partial charge in [0, 0.05) is 17.5 Å². The molecule has 2 atom stereocenters. The number of hydrogen-bond donors (Lipinski definition) is 0. The molecule has 1 saturated heterocycles. The summed E-state index contributed by atoms with van der Waals surface area (Å²) in [4.78, 5) is 2.32. The van der Waals surface area contributed by atoms with E-state index in [4.69, 9.17) is 0 Å². The molecule has 0 saturated carbocycles. The van der Waals surface area contributed by atoms with E-state index >= 15 is 0 Å². The Hall–Kier alpha value is -0.180. The molecule has 1 heterocycles. The molecular formula is C15H29F2N. The molecule has 0 N–H and O–H groups in total. The van der Waals surface area contributed by atoms with Gasteiger partial charge >= 0.3 is 0 Å². The van der Waals surface area contributed by atoms with Crippen molar-refractivity contribution < 1.29 is 8.78 Å². The predicted molar refractivity (Wildman–Crippen MR) is 73.0 cm³/mol. The second kappa shape index (κ2) is 5.44. The lowest BCUT2D eigenvalue weighted by Gasteiger charge is -2.49. The number of hydrogen-bond acceptors (Lipinski definition) is 1. The number of alkyl halides is 2. The van der Waals surface area contributed by atoms with Gasteiger partial charge in [-0.2, -0.15) is 0 Å². The van der Waals surface area contributed by atoms with Gasteiger partial charge in [-0.05, 0) is 45.6 Å². The molecule has 108 valence electrons. The van der Waals surface area contributed by atoms with E-state index in [0.717, 1.165) is 19.4 Å². The van der Waals surface area contributed by atoms with E-state index in [2.05, 4.69) is 46.4 Å². The van der Waals surface area contributed by atoms with Crippen LogP contribution < -0.4 is 0 Å². The van der Waals surface area contributed by atoms with E-state index < -0.39 is 12.3 Å². The van der Waals surface area contributed by atoms with Crippen molar-refractivity contribution >= 4 is 0 Å².